The zero-order chi connectivity index (χ0) is 16.3. The first-order chi connectivity index (χ1) is 10.2. The first-order valence-electron chi connectivity index (χ1n) is 6.69. The number of amides is 1. The zero-order valence-electron chi connectivity index (χ0n) is 12.6. The van der Waals surface area contributed by atoms with Gasteiger partial charge in [0.1, 0.15) is 11.5 Å². The van der Waals surface area contributed by atoms with Crippen LogP contribution in [0.2, 0.25) is 0 Å². The van der Waals surface area contributed by atoms with Crippen molar-refractivity contribution < 1.29 is 17.6 Å². The molecule has 7 heteroatoms. The third-order valence-electron chi connectivity index (χ3n) is 2.99. The molecule has 0 unspecified atom stereocenters. The van der Waals surface area contributed by atoms with Crippen molar-refractivity contribution in [1.82, 2.24) is 5.32 Å². The van der Waals surface area contributed by atoms with E-state index in [4.69, 9.17) is 4.42 Å². The van der Waals surface area contributed by atoms with Gasteiger partial charge >= 0.3 is 0 Å². The first-order valence-corrected chi connectivity index (χ1v) is 8.59. The highest BCUT2D eigenvalue weighted by molar-refractivity contribution is 7.92. The maximum absolute atomic E-state index is 12.1. The van der Waals surface area contributed by atoms with Crippen molar-refractivity contribution in [3.63, 3.8) is 0 Å². The Labute approximate surface area is 129 Å². The van der Waals surface area contributed by atoms with Gasteiger partial charge in [0, 0.05) is 11.3 Å². The first kappa shape index (κ1) is 16.1. The van der Waals surface area contributed by atoms with Crippen molar-refractivity contribution in [3.8, 4) is 0 Å². The Bertz CT molecular complexity index is 763. The van der Waals surface area contributed by atoms with Crippen LogP contribution < -0.4 is 10.0 Å². The van der Waals surface area contributed by atoms with Crippen LogP contribution in [0.15, 0.2) is 40.8 Å². The second-order valence-corrected chi connectivity index (χ2v) is 6.84. The average Bonchev–Trinajstić information content (AvgIpc) is 2.84. The molecule has 6 nitrogen and oxygen atoms in total. The van der Waals surface area contributed by atoms with Crippen LogP contribution in [-0.4, -0.2) is 20.6 Å². The van der Waals surface area contributed by atoms with E-state index in [9.17, 15) is 13.2 Å². The normalized spacial score (nSPS) is 12.7. The van der Waals surface area contributed by atoms with E-state index in [1.54, 1.807) is 12.1 Å². The molecule has 0 aliphatic rings. The predicted octanol–water partition coefficient (Wildman–Crippen LogP) is 2.45. The van der Waals surface area contributed by atoms with Crippen molar-refractivity contribution in [3.05, 3.63) is 53.5 Å². The number of carbonyl (C=O) groups is 1. The van der Waals surface area contributed by atoms with Gasteiger partial charge in [0.05, 0.1) is 12.3 Å². The Hall–Kier alpha value is -2.28. The van der Waals surface area contributed by atoms with E-state index in [2.05, 4.69) is 10.0 Å². The number of nitrogens with one attached hydrogen (secondary N) is 2. The highest BCUT2D eigenvalue weighted by atomic mass is 32.2. The standard InChI is InChI=1S/C15H18N2O4S/c1-10-4-9-14(21-10)11(2)16-15(18)12-5-7-13(8-6-12)17-22(3,19)20/h4-9,11,17H,1-3H3,(H,16,18)/t11-/m0/s1. The molecule has 0 saturated carbocycles. The number of aryl methyl sites for hydroxylation is 1. The van der Waals surface area contributed by atoms with Crippen LogP contribution in [0.25, 0.3) is 0 Å². The molecule has 2 aromatic rings. The van der Waals surface area contributed by atoms with E-state index in [0.29, 0.717) is 17.0 Å². The number of benzene rings is 1. The molecule has 118 valence electrons. The number of carbonyl (C=O) groups excluding carboxylic acids is 1. The Balaban J connectivity index is 2.03. The van der Waals surface area contributed by atoms with Gasteiger partial charge in [-0.2, -0.15) is 0 Å². The molecule has 0 spiro atoms. The van der Waals surface area contributed by atoms with Crippen molar-refractivity contribution in [1.29, 1.82) is 0 Å². The number of hydrogen-bond donors (Lipinski definition) is 2. The average molecular weight is 322 g/mol. The quantitative estimate of drug-likeness (QED) is 0.885. The van der Waals surface area contributed by atoms with Crippen molar-refractivity contribution in [2.45, 2.75) is 19.9 Å². The summed E-state index contributed by atoms with van der Waals surface area (Å²) in [6.45, 7) is 3.67. The lowest BCUT2D eigenvalue weighted by atomic mass is 10.1. The van der Waals surface area contributed by atoms with Gasteiger partial charge in [-0.05, 0) is 50.2 Å². The summed E-state index contributed by atoms with van der Waals surface area (Å²) in [5, 5.41) is 2.82. The van der Waals surface area contributed by atoms with E-state index in [1.165, 1.54) is 12.1 Å². The Kier molecular flexibility index (Phi) is 4.56. The van der Waals surface area contributed by atoms with Crippen LogP contribution in [0.5, 0.6) is 0 Å². The van der Waals surface area contributed by atoms with Crippen molar-refractivity contribution >= 4 is 21.6 Å². The Morgan fingerprint density at radius 3 is 2.27 bits per heavy atom. The van der Waals surface area contributed by atoms with E-state index in [1.807, 2.05) is 26.0 Å². The van der Waals surface area contributed by atoms with E-state index >= 15 is 0 Å². The lowest BCUT2D eigenvalue weighted by Crippen LogP contribution is -2.26. The molecule has 2 N–H and O–H groups in total. The molecule has 1 atom stereocenters. The van der Waals surface area contributed by atoms with Crippen LogP contribution in [0.1, 0.15) is 34.8 Å². The van der Waals surface area contributed by atoms with Crippen LogP contribution in [0.4, 0.5) is 5.69 Å². The molecule has 1 aromatic heterocycles. The van der Waals surface area contributed by atoms with Gasteiger partial charge in [-0.25, -0.2) is 8.42 Å². The number of anilines is 1. The largest absolute Gasteiger partial charge is 0.464 e. The summed E-state index contributed by atoms with van der Waals surface area (Å²) in [6.07, 6.45) is 1.07. The third kappa shape index (κ3) is 4.36. The molecular weight excluding hydrogens is 304 g/mol. The molecule has 0 aliphatic carbocycles. The fourth-order valence-corrected chi connectivity index (χ4v) is 2.51. The van der Waals surface area contributed by atoms with Gasteiger partial charge in [0.15, 0.2) is 0 Å². The van der Waals surface area contributed by atoms with E-state index in [0.717, 1.165) is 12.0 Å². The molecule has 1 heterocycles. The maximum atomic E-state index is 12.1. The molecule has 0 saturated heterocycles. The summed E-state index contributed by atoms with van der Waals surface area (Å²) < 4.78 is 30.1. The molecule has 0 bridgehead atoms. The van der Waals surface area contributed by atoms with Gasteiger partial charge in [-0.1, -0.05) is 0 Å². The SMILES string of the molecule is Cc1ccc([C@H](C)NC(=O)c2ccc(NS(C)(=O)=O)cc2)o1. The highest BCUT2D eigenvalue weighted by Crippen LogP contribution is 2.17. The summed E-state index contributed by atoms with van der Waals surface area (Å²) in [7, 11) is -3.33. The zero-order valence-corrected chi connectivity index (χ0v) is 13.4. The van der Waals surface area contributed by atoms with Crippen LogP contribution in [0.3, 0.4) is 0 Å². The molecule has 0 radical (unpaired) electrons. The van der Waals surface area contributed by atoms with E-state index in [-0.39, 0.29) is 11.9 Å². The lowest BCUT2D eigenvalue weighted by Gasteiger charge is -2.12. The number of sulfonamides is 1. The topological polar surface area (TPSA) is 88.4 Å². The van der Waals surface area contributed by atoms with Gasteiger partial charge in [0.25, 0.3) is 5.91 Å². The summed E-state index contributed by atoms with van der Waals surface area (Å²) in [4.78, 5) is 12.1. The minimum absolute atomic E-state index is 0.255. The van der Waals surface area contributed by atoms with Crippen LogP contribution in [0, 0.1) is 6.92 Å². The highest BCUT2D eigenvalue weighted by Gasteiger charge is 2.14. The second kappa shape index (κ2) is 6.23. The number of furan rings is 1. The number of hydrogen-bond acceptors (Lipinski definition) is 4. The van der Waals surface area contributed by atoms with Crippen LogP contribution >= 0.6 is 0 Å². The molecule has 2 rings (SSSR count). The van der Waals surface area contributed by atoms with Gasteiger partial charge in [-0.3, -0.25) is 9.52 Å². The summed E-state index contributed by atoms with van der Waals surface area (Å²) >= 11 is 0. The Morgan fingerprint density at radius 2 is 1.77 bits per heavy atom. The van der Waals surface area contributed by atoms with Gasteiger partial charge < -0.3 is 9.73 Å². The van der Waals surface area contributed by atoms with Crippen LogP contribution in [-0.2, 0) is 10.0 Å². The maximum Gasteiger partial charge on any atom is 0.251 e. The number of rotatable bonds is 5. The minimum Gasteiger partial charge on any atom is -0.464 e. The molecule has 1 aromatic carbocycles. The smallest absolute Gasteiger partial charge is 0.251 e. The minimum atomic E-state index is -3.33. The van der Waals surface area contributed by atoms with Gasteiger partial charge in [-0.15, -0.1) is 0 Å². The Morgan fingerprint density at radius 1 is 1.14 bits per heavy atom. The van der Waals surface area contributed by atoms with Crippen molar-refractivity contribution in [2.75, 3.05) is 11.0 Å². The third-order valence-corrected chi connectivity index (χ3v) is 3.59. The fraction of sp³-hybridized carbons (Fsp3) is 0.267. The molecule has 22 heavy (non-hydrogen) atoms. The second-order valence-electron chi connectivity index (χ2n) is 5.10. The van der Waals surface area contributed by atoms with E-state index < -0.39 is 10.0 Å². The summed E-state index contributed by atoms with van der Waals surface area (Å²) in [5.74, 6) is 1.21. The molecular formula is C15H18N2O4S. The van der Waals surface area contributed by atoms with Gasteiger partial charge in [0.2, 0.25) is 10.0 Å². The monoisotopic (exact) mass is 322 g/mol. The summed E-state index contributed by atoms with van der Waals surface area (Å²) in [5.41, 5.74) is 0.850. The molecule has 0 aliphatic heterocycles. The molecule has 1 amide bonds. The predicted molar refractivity (Wildman–Crippen MR) is 84.2 cm³/mol. The molecule has 0 fully saturated rings. The summed E-state index contributed by atoms with van der Waals surface area (Å²) in [6, 6.07) is 9.60. The van der Waals surface area contributed by atoms with Crippen molar-refractivity contribution in [2.24, 2.45) is 0 Å². The fourth-order valence-electron chi connectivity index (χ4n) is 1.94. The lowest BCUT2D eigenvalue weighted by molar-refractivity contribution is 0.0935.